The highest BCUT2D eigenvalue weighted by atomic mass is 15.3. The Morgan fingerprint density at radius 3 is 2.79 bits per heavy atom. The van der Waals surface area contributed by atoms with Gasteiger partial charge in [0.25, 0.3) is 0 Å². The smallest absolute Gasteiger partial charge is 0.0234 e. The lowest BCUT2D eigenvalue weighted by molar-refractivity contribution is 0.214. The second kappa shape index (κ2) is 5.61. The Labute approximate surface area is 116 Å². The van der Waals surface area contributed by atoms with Gasteiger partial charge in [0, 0.05) is 38.3 Å². The molecule has 2 N–H and O–H groups in total. The van der Waals surface area contributed by atoms with Gasteiger partial charge in [-0.3, -0.25) is 9.80 Å². The number of nitrogens with two attached hydrogens (primary N) is 1. The van der Waals surface area contributed by atoms with Crippen molar-refractivity contribution in [1.82, 2.24) is 9.80 Å². The molecule has 3 nitrogen and oxygen atoms in total. The maximum absolute atomic E-state index is 5.72. The zero-order valence-corrected chi connectivity index (χ0v) is 11.9. The van der Waals surface area contributed by atoms with Crippen LogP contribution in [-0.4, -0.2) is 42.0 Å². The molecule has 2 fully saturated rings. The number of nitrogens with zero attached hydrogens (tertiary/aromatic N) is 2. The minimum Gasteiger partial charge on any atom is -0.326 e. The van der Waals surface area contributed by atoms with Crippen molar-refractivity contribution in [3.8, 4) is 0 Å². The lowest BCUT2D eigenvalue weighted by Crippen LogP contribution is -2.36. The van der Waals surface area contributed by atoms with E-state index in [-0.39, 0.29) is 0 Å². The molecule has 0 aromatic heterocycles. The molecule has 0 aliphatic carbocycles. The number of rotatable bonds is 3. The molecule has 2 saturated heterocycles. The zero-order valence-electron chi connectivity index (χ0n) is 11.9. The largest absolute Gasteiger partial charge is 0.326 e. The summed E-state index contributed by atoms with van der Waals surface area (Å²) in [5, 5.41) is 0. The van der Waals surface area contributed by atoms with Crippen LogP contribution in [0.25, 0.3) is 0 Å². The molecule has 2 heterocycles. The SMILES string of the molecule is CN1C2CCC1CN(Cc1cccc(CN)c1)CC2. The lowest BCUT2D eigenvalue weighted by Gasteiger charge is -2.25. The van der Waals surface area contributed by atoms with E-state index < -0.39 is 0 Å². The number of fused-ring (bicyclic) bond motifs is 2. The lowest BCUT2D eigenvalue weighted by atomic mass is 10.1. The second-order valence-electron chi connectivity index (χ2n) is 6.10. The Morgan fingerprint density at radius 2 is 1.95 bits per heavy atom. The first-order valence-corrected chi connectivity index (χ1v) is 7.48. The van der Waals surface area contributed by atoms with Crippen LogP contribution in [0, 0.1) is 0 Å². The Hall–Kier alpha value is -0.900. The standard InChI is InChI=1S/C16H25N3/c1-18-15-5-6-16(18)12-19(8-7-15)11-14-4-2-3-13(9-14)10-17/h2-4,9,15-16H,5-8,10-12,17H2,1H3. The third-order valence-electron chi connectivity index (χ3n) is 4.87. The Morgan fingerprint density at radius 1 is 1.16 bits per heavy atom. The molecular weight excluding hydrogens is 234 g/mol. The van der Waals surface area contributed by atoms with Crippen molar-refractivity contribution in [2.24, 2.45) is 5.73 Å². The summed E-state index contributed by atoms with van der Waals surface area (Å²) in [4.78, 5) is 5.23. The maximum Gasteiger partial charge on any atom is 0.0234 e. The molecule has 0 saturated carbocycles. The molecular formula is C16H25N3. The van der Waals surface area contributed by atoms with Gasteiger partial charge in [-0.05, 0) is 37.4 Å². The predicted octanol–water partition coefficient (Wildman–Crippen LogP) is 1.81. The predicted molar refractivity (Wildman–Crippen MR) is 78.8 cm³/mol. The van der Waals surface area contributed by atoms with Gasteiger partial charge in [-0.25, -0.2) is 0 Å². The molecule has 3 heteroatoms. The summed E-state index contributed by atoms with van der Waals surface area (Å²) in [6.07, 6.45) is 4.10. The number of hydrogen-bond acceptors (Lipinski definition) is 3. The molecule has 0 amide bonds. The first kappa shape index (κ1) is 13.1. The summed E-state index contributed by atoms with van der Waals surface area (Å²) >= 11 is 0. The van der Waals surface area contributed by atoms with Crippen LogP contribution >= 0.6 is 0 Å². The molecule has 0 spiro atoms. The van der Waals surface area contributed by atoms with Crippen molar-refractivity contribution in [2.75, 3.05) is 20.1 Å². The molecule has 3 rings (SSSR count). The van der Waals surface area contributed by atoms with E-state index in [1.807, 2.05) is 0 Å². The fourth-order valence-electron chi connectivity index (χ4n) is 3.64. The normalized spacial score (nSPS) is 28.5. The van der Waals surface area contributed by atoms with Crippen molar-refractivity contribution in [2.45, 2.75) is 44.4 Å². The summed E-state index contributed by atoms with van der Waals surface area (Å²) in [7, 11) is 2.31. The van der Waals surface area contributed by atoms with E-state index in [1.165, 1.54) is 43.5 Å². The van der Waals surface area contributed by atoms with Crippen molar-refractivity contribution in [3.05, 3.63) is 35.4 Å². The molecule has 19 heavy (non-hydrogen) atoms. The average Bonchev–Trinajstić information content (AvgIpc) is 2.67. The maximum atomic E-state index is 5.72. The number of hydrogen-bond donors (Lipinski definition) is 1. The van der Waals surface area contributed by atoms with Crippen LogP contribution in [-0.2, 0) is 13.1 Å². The van der Waals surface area contributed by atoms with Crippen molar-refractivity contribution in [1.29, 1.82) is 0 Å². The molecule has 104 valence electrons. The van der Waals surface area contributed by atoms with Crippen molar-refractivity contribution in [3.63, 3.8) is 0 Å². The van der Waals surface area contributed by atoms with Gasteiger partial charge in [-0.15, -0.1) is 0 Å². The molecule has 2 unspecified atom stereocenters. The Kier molecular flexibility index (Phi) is 3.87. The monoisotopic (exact) mass is 259 g/mol. The van der Waals surface area contributed by atoms with Gasteiger partial charge in [0.2, 0.25) is 0 Å². The van der Waals surface area contributed by atoms with Crippen molar-refractivity contribution >= 4 is 0 Å². The fourth-order valence-corrected chi connectivity index (χ4v) is 3.64. The zero-order chi connectivity index (χ0) is 13.2. The van der Waals surface area contributed by atoms with Gasteiger partial charge in [0.15, 0.2) is 0 Å². The second-order valence-corrected chi connectivity index (χ2v) is 6.10. The van der Waals surface area contributed by atoms with Gasteiger partial charge in [-0.1, -0.05) is 24.3 Å². The van der Waals surface area contributed by atoms with Gasteiger partial charge in [0.05, 0.1) is 0 Å². The average molecular weight is 259 g/mol. The van der Waals surface area contributed by atoms with Crippen LogP contribution in [0.3, 0.4) is 0 Å². The van der Waals surface area contributed by atoms with Gasteiger partial charge < -0.3 is 5.73 Å². The third kappa shape index (κ3) is 2.83. The summed E-state index contributed by atoms with van der Waals surface area (Å²) in [6, 6.07) is 10.3. The summed E-state index contributed by atoms with van der Waals surface area (Å²) in [5.41, 5.74) is 8.37. The minimum absolute atomic E-state index is 0.640. The first-order valence-electron chi connectivity index (χ1n) is 7.48. The van der Waals surface area contributed by atoms with E-state index in [9.17, 15) is 0 Å². The minimum atomic E-state index is 0.640. The summed E-state index contributed by atoms with van der Waals surface area (Å²) in [5.74, 6) is 0. The highest BCUT2D eigenvalue weighted by Crippen LogP contribution is 2.29. The molecule has 2 aliphatic rings. The van der Waals surface area contributed by atoms with Crippen LogP contribution in [0.1, 0.15) is 30.4 Å². The molecule has 1 aromatic carbocycles. The van der Waals surface area contributed by atoms with Crippen LogP contribution in [0.4, 0.5) is 0 Å². The fraction of sp³-hybridized carbons (Fsp3) is 0.625. The van der Waals surface area contributed by atoms with E-state index in [2.05, 4.69) is 41.1 Å². The number of likely N-dealkylation sites (N-methyl/N-ethyl adjacent to an activating group) is 1. The highest BCUT2D eigenvalue weighted by molar-refractivity contribution is 5.23. The molecule has 0 radical (unpaired) electrons. The quantitative estimate of drug-likeness (QED) is 0.898. The van der Waals surface area contributed by atoms with Gasteiger partial charge in [-0.2, -0.15) is 0 Å². The molecule has 1 aromatic rings. The number of benzene rings is 1. The van der Waals surface area contributed by atoms with Crippen LogP contribution in [0.5, 0.6) is 0 Å². The van der Waals surface area contributed by atoms with Gasteiger partial charge in [0.1, 0.15) is 0 Å². The molecule has 2 bridgehead atoms. The van der Waals surface area contributed by atoms with Crippen LogP contribution < -0.4 is 5.73 Å². The molecule has 2 atom stereocenters. The number of likely N-dealkylation sites (tertiary alicyclic amines) is 1. The van der Waals surface area contributed by atoms with E-state index in [1.54, 1.807) is 0 Å². The topological polar surface area (TPSA) is 32.5 Å². The Balaban J connectivity index is 1.66. The van der Waals surface area contributed by atoms with Gasteiger partial charge >= 0.3 is 0 Å². The van der Waals surface area contributed by atoms with E-state index in [4.69, 9.17) is 5.73 Å². The van der Waals surface area contributed by atoms with E-state index in [0.29, 0.717) is 6.54 Å². The summed E-state index contributed by atoms with van der Waals surface area (Å²) < 4.78 is 0. The van der Waals surface area contributed by atoms with E-state index >= 15 is 0 Å². The summed E-state index contributed by atoms with van der Waals surface area (Å²) in [6.45, 7) is 4.17. The molecule has 2 aliphatic heterocycles. The highest BCUT2D eigenvalue weighted by Gasteiger charge is 2.34. The first-order chi connectivity index (χ1) is 9.26. The Bertz CT molecular complexity index is 432. The third-order valence-corrected chi connectivity index (χ3v) is 4.87. The van der Waals surface area contributed by atoms with Crippen molar-refractivity contribution < 1.29 is 0 Å². The van der Waals surface area contributed by atoms with Crippen LogP contribution in [0.2, 0.25) is 0 Å². The van der Waals surface area contributed by atoms with Crippen LogP contribution in [0.15, 0.2) is 24.3 Å². The van der Waals surface area contributed by atoms with E-state index in [0.717, 1.165) is 18.6 Å².